The molecule has 31 heavy (non-hydrogen) atoms. The van der Waals surface area contributed by atoms with Crippen molar-refractivity contribution in [3.63, 3.8) is 0 Å². The van der Waals surface area contributed by atoms with Gasteiger partial charge in [0.15, 0.2) is 9.84 Å². The number of halogens is 1. The third kappa shape index (κ3) is 4.68. The Balaban J connectivity index is 1.75. The van der Waals surface area contributed by atoms with E-state index in [9.17, 15) is 13.2 Å². The van der Waals surface area contributed by atoms with E-state index in [1.54, 1.807) is 59.3 Å². The molecule has 4 rings (SSSR count). The van der Waals surface area contributed by atoms with Crippen LogP contribution in [0.5, 0.6) is 5.88 Å². The molecule has 1 aromatic heterocycles. The first-order valence-electron chi connectivity index (χ1n) is 9.25. The van der Waals surface area contributed by atoms with Crippen LogP contribution in [0.25, 0.3) is 16.9 Å². The second-order valence-corrected chi connectivity index (χ2v) is 9.26. The number of hydrogen-bond donors (Lipinski definition) is 0. The Hall–Kier alpha value is -3.42. The van der Waals surface area contributed by atoms with Crippen LogP contribution >= 0.6 is 11.6 Å². The summed E-state index contributed by atoms with van der Waals surface area (Å²) in [5.74, 6) is -0.411. The molecular formula is C23H17ClN2O4S. The average molecular weight is 453 g/mol. The van der Waals surface area contributed by atoms with E-state index in [4.69, 9.17) is 16.3 Å². The van der Waals surface area contributed by atoms with Gasteiger partial charge in [-0.15, -0.1) is 5.10 Å². The maximum Gasteiger partial charge on any atom is 0.344 e. The summed E-state index contributed by atoms with van der Waals surface area (Å²) in [4.78, 5) is 12.7. The Morgan fingerprint density at radius 3 is 2.19 bits per heavy atom. The lowest BCUT2D eigenvalue weighted by Gasteiger charge is -2.08. The predicted octanol–water partition coefficient (Wildman–Crippen LogP) is 4.82. The van der Waals surface area contributed by atoms with Gasteiger partial charge in [-0.25, -0.2) is 17.9 Å². The quantitative estimate of drug-likeness (QED) is 0.406. The lowest BCUT2D eigenvalue weighted by atomic mass is 10.1. The number of carbonyl (C=O) groups is 1. The molecule has 0 N–H and O–H groups in total. The van der Waals surface area contributed by atoms with Crippen molar-refractivity contribution < 1.29 is 17.9 Å². The summed E-state index contributed by atoms with van der Waals surface area (Å²) in [5, 5.41) is 5.01. The van der Waals surface area contributed by atoms with E-state index < -0.39 is 15.8 Å². The van der Waals surface area contributed by atoms with Crippen molar-refractivity contribution >= 4 is 27.4 Å². The molecule has 156 valence electrons. The van der Waals surface area contributed by atoms with E-state index >= 15 is 0 Å². The van der Waals surface area contributed by atoms with Crippen molar-refractivity contribution in [2.75, 3.05) is 6.26 Å². The molecule has 0 saturated heterocycles. The number of rotatable bonds is 5. The number of benzene rings is 3. The van der Waals surface area contributed by atoms with Crippen LogP contribution < -0.4 is 4.74 Å². The van der Waals surface area contributed by atoms with Crippen LogP contribution in [0.15, 0.2) is 89.8 Å². The Bertz CT molecular complexity index is 1330. The summed E-state index contributed by atoms with van der Waals surface area (Å²) in [6.45, 7) is 0. The number of hydrogen-bond acceptors (Lipinski definition) is 5. The van der Waals surface area contributed by atoms with E-state index in [1.165, 1.54) is 12.1 Å². The van der Waals surface area contributed by atoms with Gasteiger partial charge in [-0.3, -0.25) is 0 Å². The van der Waals surface area contributed by atoms with Gasteiger partial charge in [0.25, 0.3) is 0 Å². The van der Waals surface area contributed by atoms with E-state index in [0.29, 0.717) is 22.0 Å². The second-order valence-electron chi connectivity index (χ2n) is 6.81. The Kier molecular flexibility index (Phi) is 5.63. The molecule has 3 aromatic carbocycles. The number of ether oxygens (including phenoxy) is 1. The molecular weight excluding hydrogens is 436 g/mol. The van der Waals surface area contributed by atoms with Gasteiger partial charge in [0.2, 0.25) is 5.88 Å². The number of esters is 1. The molecule has 0 spiro atoms. The summed E-state index contributed by atoms with van der Waals surface area (Å²) in [7, 11) is -3.32. The highest BCUT2D eigenvalue weighted by atomic mass is 35.5. The highest BCUT2D eigenvalue weighted by Crippen LogP contribution is 2.29. The second kappa shape index (κ2) is 8.37. The summed E-state index contributed by atoms with van der Waals surface area (Å²) in [5.41, 5.74) is 2.47. The smallest absolute Gasteiger partial charge is 0.344 e. The molecule has 0 bridgehead atoms. The molecule has 0 unspecified atom stereocenters. The fourth-order valence-corrected chi connectivity index (χ4v) is 3.75. The zero-order valence-electron chi connectivity index (χ0n) is 16.4. The van der Waals surface area contributed by atoms with Crippen molar-refractivity contribution in [3.8, 4) is 22.8 Å². The summed E-state index contributed by atoms with van der Waals surface area (Å²) in [6, 6.07) is 23.7. The van der Waals surface area contributed by atoms with Crippen molar-refractivity contribution in [2.45, 2.75) is 4.90 Å². The Labute approximate surface area is 184 Å². The van der Waals surface area contributed by atoms with Crippen molar-refractivity contribution in [1.29, 1.82) is 0 Å². The fourth-order valence-electron chi connectivity index (χ4n) is 3.00. The van der Waals surface area contributed by atoms with Crippen LogP contribution in [0.3, 0.4) is 0 Å². The first-order valence-corrected chi connectivity index (χ1v) is 11.5. The minimum atomic E-state index is -3.32. The number of sulfone groups is 1. The molecule has 1 heterocycles. The van der Waals surface area contributed by atoms with Crippen LogP contribution in [-0.4, -0.2) is 30.4 Å². The van der Waals surface area contributed by atoms with E-state index in [0.717, 1.165) is 11.8 Å². The molecule has 4 aromatic rings. The summed E-state index contributed by atoms with van der Waals surface area (Å²) >= 11 is 6.01. The van der Waals surface area contributed by atoms with Crippen LogP contribution in [0.2, 0.25) is 5.02 Å². The zero-order valence-corrected chi connectivity index (χ0v) is 18.0. The number of carbonyl (C=O) groups excluding carboxylic acids is 1. The maximum absolute atomic E-state index is 12.5. The molecule has 0 saturated carbocycles. The van der Waals surface area contributed by atoms with Gasteiger partial charge in [0.1, 0.15) is 0 Å². The minimum Gasteiger partial charge on any atom is -0.402 e. The van der Waals surface area contributed by atoms with Gasteiger partial charge in [-0.1, -0.05) is 41.9 Å². The van der Waals surface area contributed by atoms with Crippen LogP contribution in [0.1, 0.15) is 10.4 Å². The molecule has 0 radical (unpaired) electrons. The predicted molar refractivity (Wildman–Crippen MR) is 119 cm³/mol. The minimum absolute atomic E-state index is 0.117. The van der Waals surface area contributed by atoms with E-state index in [2.05, 4.69) is 5.10 Å². The van der Waals surface area contributed by atoms with Crippen LogP contribution in [0, 0.1) is 0 Å². The Morgan fingerprint density at radius 2 is 1.58 bits per heavy atom. The summed E-state index contributed by atoms with van der Waals surface area (Å²) < 4.78 is 30.6. The SMILES string of the molecule is CS(=O)(=O)c1ccc(-n2nc(OC(=O)c3ccccc3)cc2-c2ccc(Cl)cc2)cc1. The molecule has 0 atom stereocenters. The van der Waals surface area contributed by atoms with Gasteiger partial charge in [0, 0.05) is 22.9 Å². The first kappa shape index (κ1) is 20.8. The number of aromatic nitrogens is 2. The largest absolute Gasteiger partial charge is 0.402 e. The molecule has 0 amide bonds. The normalized spacial score (nSPS) is 11.3. The van der Waals surface area contributed by atoms with Crippen LogP contribution in [-0.2, 0) is 9.84 Å². The van der Waals surface area contributed by atoms with Gasteiger partial charge in [0.05, 0.1) is 21.8 Å². The van der Waals surface area contributed by atoms with Gasteiger partial charge < -0.3 is 4.74 Å². The number of nitrogens with zero attached hydrogens (tertiary/aromatic N) is 2. The molecule has 0 fully saturated rings. The zero-order chi connectivity index (χ0) is 22.0. The average Bonchev–Trinajstić information content (AvgIpc) is 3.18. The summed E-state index contributed by atoms with van der Waals surface area (Å²) in [6.07, 6.45) is 1.15. The molecule has 0 aliphatic heterocycles. The van der Waals surface area contributed by atoms with Crippen LogP contribution in [0.4, 0.5) is 0 Å². The topological polar surface area (TPSA) is 78.3 Å². The van der Waals surface area contributed by atoms with E-state index in [1.807, 2.05) is 18.2 Å². The first-order chi connectivity index (χ1) is 14.8. The lowest BCUT2D eigenvalue weighted by Crippen LogP contribution is -2.09. The van der Waals surface area contributed by atoms with Crippen molar-refractivity contribution in [1.82, 2.24) is 9.78 Å². The van der Waals surface area contributed by atoms with Crippen molar-refractivity contribution in [3.05, 3.63) is 95.5 Å². The van der Waals surface area contributed by atoms with E-state index in [-0.39, 0.29) is 10.8 Å². The maximum atomic E-state index is 12.5. The third-order valence-electron chi connectivity index (χ3n) is 4.54. The van der Waals surface area contributed by atoms with Gasteiger partial charge >= 0.3 is 5.97 Å². The molecule has 6 nitrogen and oxygen atoms in total. The molecule has 0 aliphatic rings. The lowest BCUT2D eigenvalue weighted by molar-refractivity contribution is 0.0727. The monoisotopic (exact) mass is 452 g/mol. The third-order valence-corrected chi connectivity index (χ3v) is 5.92. The molecule has 8 heteroatoms. The highest BCUT2D eigenvalue weighted by Gasteiger charge is 2.17. The standard InChI is InChI=1S/C23H17ClN2O4S/c1-31(28,29)20-13-11-19(12-14-20)26-21(16-7-9-18(24)10-8-16)15-22(25-26)30-23(27)17-5-3-2-4-6-17/h2-15H,1H3. The van der Waals surface area contributed by atoms with Gasteiger partial charge in [-0.2, -0.15) is 0 Å². The Morgan fingerprint density at radius 1 is 0.935 bits per heavy atom. The fraction of sp³-hybridized carbons (Fsp3) is 0.0435. The van der Waals surface area contributed by atoms with Gasteiger partial charge in [-0.05, 0) is 48.5 Å². The molecule has 0 aliphatic carbocycles. The highest BCUT2D eigenvalue weighted by molar-refractivity contribution is 7.90. The van der Waals surface area contributed by atoms with Crippen molar-refractivity contribution in [2.24, 2.45) is 0 Å².